The van der Waals surface area contributed by atoms with Crippen molar-refractivity contribution < 1.29 is 18.9 Å². The Hall–Kier alpha value is 2.71. The van der Waals surface area contributed by atoms with E-state index < -0.39 is 29.6 Å². The van der Waals surface area contributed by atoms with Gasteiger partial charge in [0.1, 0.15) is 0 Å². The molecule has 0 aliphatic heterocycles. The summed E-state index contributed by atoms with van der Waals surface area (Å²) in [5.74, 6) is 0.204. The first-order valence-corrected chi connectivity index (χ1v) is 13.2. The van der Waals surface area contributed by atoms with E-state index >= 15 is 0 Å². The molecule has 0 aromatic carbocycles. The highest BCUT2D eigenvalue weighted by atomic mass is 79.9. The Kier molecular flexibility index (Phi) is 12.9. The van der Waals surface area contributed by atoms with Gasteiger partial charge in [-0.25, -0.2) is 4.57 Å². The van der Waals surface area contributed by atoms with Crippen LogP contribution in [-0.2, 0) is 9.09 Å². The lowest BCUT2D eigenvalue weighted by atomic mass is 9.71. The summed E-state index contributed by atoms with van der Waals surface area (Å²) in [6.45, 7) is 0. The summed E-state index contributed by atoms with van der Waals surface area (Å²) in [6, 6.07) is 0. The second-order valence-electron chi connectivity index (χ2n) is 5.17. The third-order valence-corrected chi connectivity index (χ3v) is 8.95. The van der Waals surface area contributed by atoms with Crippen molar-refractivity contribution in [1.29, 1.82) is 0 Å². The number of halogens is 7. The molecule has 23 heavy (non-hydrogen) atoms. The quantitative estimate of drug-likeness (QED) is 0.223. The van der Waals surface area contributed by atoms with Gasteiger partial charge in [0.15, 0.2) is 0 Å². The lowest BCUT2D eigenvalue weighted by Crippen LogP contribution is -2.56. The van der Waals surface area contributed by atoms with E-state index in [2.05, 4.69) is 47.8 Å². The van der Waals surface area contributed by atoms with Crippen LogP contribution >= 0.6 is 102 Å². The molecule has 0 amide bonds. The topological polar surface area (TPSA) is 66.8 Å². The summed E-state index contributed by atoms with van der Waals surface area (Å²) < 4.78 is 17.0. The largest absolute Gasteiger partial charge is 0.470 e. The normalized spacial score (nSPS) is 18.5. The Morgan fingerprint density at radius 2 is 1.30 bits per heavy atom. The van der Waals surface area contributed by atoms with E-state index in [4.69, 9.17) is 50.9 Å². The zero-order chi connectivity index (χ0) is 18.3. The molecule has 0 aliphatic rings. The summed E-state index contributed by atoms with van der Waals surface area (Å²) >= 11 is 34.2. The first-order chi connectivity index (χ1) is 10.5. The van der Waals surface area contributed by atoms with E-state index in [1.807, 2.05) is 0 Å². The molecule has 0 aromatic rings. The van der Waals surface area contributed by atoms with E-state index in [1.165, 1.54) is 0 Å². The highest BCUT2D eigenvalue weighted by Gasteiger charge is 2.55. The lowest BCUT2D eigenvalue weighted by molar-refractivity contribution is -0.0559. The van der Waals surface area contributed by atoms with Crippen molar-refractivity contribution in [3.63, 3.8) is 0 Å². The van der Waals surface area contributed by atoms with Gasteiger partial charge in [0.2, 0.25) is 0 Å². The number of phosphoric acid groups is 1. The second-order valence-corrected chi connectivity index (χ2v) is 9.87. The van der Waals surface area contributed by atoms with Gasteiger partial charge in [0.25, 0.3) is 0 Å². The average Bonchev–Trinajstić information content (AvgIpc) is 2.47. The average molecular weight is 627 g/mol. The Morgan fingerprint density at radius 1 is 0.957 bits per heavy atom. The van der Waals surface area contributed by atoms with Crippen LogP contribution in [0.15, 0.2) is 0 Å². The SMILES string of the molecule is O=P(O)(O)OC(CC(Cl)CCl)(CC(Cl)CCl)C(CBr)(CBr)CBr. The van der Waals surface area contributed by atoms with Crippen LogP contribution in [0.4, 0.5) is 0 Å². The highest BCUT2D eigenvalue weighted by Crippen LogP contribution is 2.55. The van der Waals surface area contributed by atoms with Gasteiger partial charge in [0.05, 0.1) is 5.60 Å². The molecule has 0 bridgehead atoms. The number of hydrogen-bond acceptors (Lipinski definition) is 2. The van der Waals surface area contributed by atoms with Crippen molar-refractivity contribution in [3.05, 3.63) is 0 Å². The number of rotatable bonds is 12. The van der Waals surface area contributed by atoms with E-state index in [0.717, 1.165) is 0 Å². The summed E-state index contributed by atoms with van der Waals surface area (Å²) in [7, 11) is -4.82. The Bertz CT molecular complexity index is 377. The second kappa shape index (κ2) is 11.5. The molecule has 0 spiro atoms. The minimum absolute atomic E-state index is 0.102. The van der Waals surface area contributed by atoms with Crippen molar-refractivity contribution in [2.75, 3.05) is 27.8 Å². The Balaban J connectivity index is 6.13. The molecule has 0 rings (SSSR count). The van der Waals surface area contributed by atoms with E-state index in [0.29, 0.717) is 16.0 Å². The third kappa shape index (κ3) is 7.69. The highest BCUT2D eigenvalue weighted by molar-refractivity contribution is 9.10. The molecule has 0 radical (unpaired) electrons. The van der Waals surface area contributed by atoms with Gasteiger partial charge in [-0.15, -0.1) is 46.4 Å². The third-order valence-electron chi connectivity index (χ3n) is 3.46. The van der Waals surface area contributed by atoms with Crippen LogP contribution in [0.1, 0.15) is 12.8 Å². The predicted molar refractivity (Wildman–Crippen MR) is 110 cm³/mol. The van der Waals surface area contributed by atoms with Gasteiger partial charge < -0.3 is 9.79 Å². The molecule has 0 aliphatic carbocycles. The van der Waals surface area contributed by atoms with Crippen LogP contribution < -0.4 is 0 Å². The first kappa shape index (κ1) is 25.7. The van der Waals surface area contributed by atoms with Gasteiger partial charge in [-0.3, -0.25) is 4.52 Å². The van der Waals surface area contributed by atoms with Gasteiger partial charge in [-0.05, 0) is 12.8 Å². The summed E-state index contributed by atoms with van der Waals surface area (Å²) in [5, 5.41) is 0.0366. The predicted octanol–water partition coefficient (Wildman–Crippen LogP) is 5.48. The van der Waals surface area contributed by atoms with Crippen molar-refractivity contribution in [1.82, 2.24) is 0 Å². The van der Waals surface area contributed by atoms with Crippen LogP contribution in [0.25, 0.3) is 0 Å². The molecule has 4 nitrogen and oxygen atoms in total. The fourth-order valence-corrected chi connectivity index (χ4v) is 8.05. The van der Waals surface area contributed by atoms with Crippen LogP contribution in [0.5, 0.6) is 0 Å². The van der Waals surface area contributed by atoms with Crippen molar-refractivity contribution in [2.45, 2.75) is 29.2 Å². The van der Waals surface area contributed by atoms with E-state index in [-0.39, 0.29) is 24.6 Å². The molecule has 2 N–H and O–H groups in total. The zero-order valence-electron chi connectivity index (χ0n) is 11.9. The summed E-state index contributed by atoms with van der Waals surface area (Å²) in [5.41, 5.74) is -2.09. The smallest absolute Gasteiger partial charge is 0.303 e. The van der Waals surface area contributed by atoms with Crippen LogP contribution in [-0.4, -0.2) is 53.9 Å². The fraction of sp³-hybridized carbons (Fsp3) is 1.00. The molecule has 0 aromatic heterocycles. The van der Waals surface area contributed by atoms with Crippen molar-refractivity contribution in [3.8, 4) is 0 Å². The maximum Gasteiger partial charge on any atom is 0.470 e. The van der Waals surface area contributed by atoms with Gasteiger partial charge in [-0.1, -0.05) is 47.8 Å². The zero-order valence-corrected chi connectivity index (χ0v) is 20.6. The maximum absolute atomic E-state index is 11.7. The van der Waals surface area contributed by atoms with E-state index in [9.17, 15) is 14.4 Å². The molecular weight excluding hydrogens is 609 g/mol. The standard InChI is InChI=1S/C11H18Br3Cl4O4P/c12-5-10(6-13,7-14)11(1-8(17)3-15,2-9(18)4-16)22-23(19,20)21/h8-9H,1-7H2,(H2,19,20,21). The molecule has 2 atom stereocenters. The van der Waals surface area contributed by atoms with Gasteiger partial charge in [-0.2, -0.15) is 0 Å². The Morgan fingerprint density at radius 3 is 1.52 bits per heavy atom. The van der Waals surface area contributed by atoms with Gasteiger partial charge >= 0.3 is 7.82 Å². The van der Waals surface area contributed by atoms with Crippen LogP contribution in [0.2, 0.25) is 0 Å². The van der Waals surface area contributed by atoms with Crippen molar-refractivity contribution >= 4 is 102 Å². The molecular formula is C11H18Br3Cl4O4P. The maximum atomic E-state index is 11.7. The molecule has 0 fully saturated rings. The summed E-state index contributed by atoms with van der Waals surface area (Å²) in [6.07, 6.45) is 0.206. The van der Waals surface area contributed by atoms with Crippen molar-refractivity contribution in [2.24, 2.45) is 5.41 Å². The van der Waals surface area contributed by atoms with Gasteiger partial charge in [0, 0.05) is 43.9 Å². The molecule has 140 valence electrons. The summed E-state index contributed by atoms with van der Waals surface area (Å²) in [4.78, 5) is 18.9. The molecule has 12 heteroatoms. The molecule has 2 unspecified atom stereocenters. The molecule has 0 heterocycles. The number of alkyl halides is 7. The number of hydrogen-bond donors (Lipinski definition) is 2. The minimum Gasteiger partial charge on any atom is -0.303 e. The molecule has 0 saturated carbocycles. The monoisotopic (exact) mass is 622 g/mol. The number of phosphoric ester groups is 1. The van der Waals surface area contributed by atoms with Crippen LogP contribution in [0.3, 0.4) is 0 Å². The van der Waals surface area contributed by atoms with E-state index in [1.54, 1.807) is 0 Å². The Labute approximate surface area is 181 Å². The lowest BCUT2D eigenvalue weighted by Gasteiger charge is -2.49. The van der Waals surface area contributed by atoms with Crippen LogP contribution in [0, 0.1) is 5.41 Å². The molecule has 0 saturated heterocycles. The fourth-order valence-electron chi connectivity index (χ4n) is 2.21. The first-order valence-electron chi connectivity index (χ1n) is 6.39. The minimum atomic E-state index is -4.82.